The van der Waals surface area contributed by atoms with Crippen LogP contribution in [0.2, 0.25) is 5.02 Å². The molecule has 4 rings (SSSR count). The molecule has 0 aliphatic carbocycles. The Morgan fingerprint density at radius 3 is 2.59 bits per heavy atom. The second-order valence-corrected chi connectivity index (χ2v) is 8.30. The second-order valence-electron chi connectivity index (χ2n) is 7.87. The Morgan fingerprint density at radius 1 is 1.12 bits per heavy atom. The van der Waals surface area contributed by atoms with Gasteiger partial charge in [-0.05, 0) is 60.0 Å². The molecular weight excluding hydrogens is 429 g/mol. The van der Waals surface area contributed by atoms with Crippen LogP contribution >= 0.6 is 11.6 Å². The molecule has 0 aromatic heterocycles. The number of nitrogens with one attached hydrogen (secondary N) is 2. The fraction of sp³-hybridized carbons (Fsp3) is 0.240. The van der Waals surface area contributed by atoms with E-state index in [2.05, 4.69) is 15.5 Å². The van der Waals surface area contributed by atoms with Crippen LogP contribution in [-0.2, 0) is 6.54 Å². The van der Waals surface area contributed by atoms with Crippen LogP contribution in [0, 0.1) is 5.82 Å². The maximum Gasteiger partial charge on any atom is 0.319 e. The number of anilines is 1. The maximum atomic E-state index is 13.7. The Labute approximate surface area is 192 Å². The topological polar surface area (TPSA) is 53.6 Å². The van der Waals surface area contributed by atoms with E-state index in [-0.39, 0.29) is 17.9 Å². The van der Waals surface area contributed by atoms with E-state index in [4.69, 9.17) is 16.3 Å². The minimum atomic E-state index is -0.291. The van der Waals surface area contributed by atoms with Crippen LogP contribution in [-0.4, -0.2) is 37.2 Å². The zero-order valence-electron chi connectivity index (χ0n) is 17.8. The van der Waals surface area contributed by atoms with Crippen molar-refractivity contribution in [1.82, 2.24) is 10.2 Å². The number of carbonyl (C=O) groups excluding carboxylic acids is 1. The van der Waals surface area contributed by atoms with Gasteiger partial charge in [0.2, 0.25) is 0 Å². The van der Waals surface area contributed by atoms with Crippen LogP contribution in [0.1, 0.15) is 12.0 Å². The zero-order chi connectivity index (χ0) is 22.5. The lowest BCUT2D eigenvalue weighted by atomic mass is 10.0. The third-order valence-corrected chi connectivity index (χ3v) is 5.79. The highest BCUT2D eigenvalue weighted by Gasteiger charge is 2.24. The molecule has 5 nitrogen and oxygen atoms in total. The van der Waals surface area contributed by atoms with Gasteiger partial charge in [-0.25, -0.2) is 9.18 Å². The molecule has 1 unspecified atom stereocenters. The molecule has 2 N–H and O–H groups in total. The van der Waals surface area contributed by atoms with Gasteiger partial charge in [-0.15, -0.1) is 0 Å². The summed E-state index contributed by atoms with van der Waals surface area (Å²) in [6.07, 6.45) is 0.895. The summed E-state index contributed by atoms with van der Waals surface area (Å²) in [5, 5.41) is 6.49. The van der Waals surface area contributed by atoms with Gasteiger partial charge in [-0.1, -0.05) is 35.9 Å². The number of ether oxygens (including phenoxy) is 1. The Morgan fingerprint density at radius 2 is 1.88 bits per heavy atom. The van der Waals surface area contributed by atoms with Crippen LogP contribution in [0.15, 0.2) is 66.7 Å². The minimum Gasteiger partial charge on any atom is -0.496 e. The normalized spacial score (nSPS) is 16.0. The van der Waals surface area contributed by atoms with Crippen molar-refractivity contribution in [3.05, 3.63) is 83.1 Å². The highest BCUT2D eigenvalue weighted by atomic mass is 35.5. The Hall–Kier alpha value is -3.09. The summed E-state index contributed by atoms with van der Waals surface area (Å²) < 4.78 is 19.0. The van der Waals surface area contributed by atoms with Gasteiger partial charge in [-0.3, -0.25) is 4.90 Å². The lowest BCUT2D eigenvalue weighted by Gasteiger charge is -2.17. The molecule has 1 fully saturated rings. The number of methoxy groups -OCH3 is 1. The molecule has 166 valence electrons. The first-order valence-corrected chi connectivity index (χ1v) is 10.9. The summed E-state index contributed by atoms with van der Waals surface area (Å²) in [6, 6.07) is 19.5. The molecule has 2 amide bonds. The number of benzene rings is 3. The molecule has 0 spiro atoms. The standard InChI is InChI=1S/C25H25ClFN3O2/c1-32-24-11-8-20(27)14-23(24)18-4-2-17(3-5-18)15-30-13-12-22(16-30)29-25(31)28-21-9-6-19(26)7-10-21/h2-11,14,22H,12-13,15-16H2,1H3,(H2,28,29,31). The van der Waals surface area contributed by atoms with Crippen LogP contribution < -0.4 is 15.4 Å². The lowest BCUT2D eigenvalue weighted by molar-refractivity contribution is 0.247. The molecule has 3 aromatic rings. The fourth-order valence-corrected chi connectivity index (χ4v) is 4.06. The molecule has 3 aromatic carbocycles. The van der Waals surface area contributed by atoms with Crippen LogP contribution in [0.5, 0.6) is 5.75 Å². The van der Waals surface area contributed by atoms with Crippen molar-refractivity contribution >= 4 is 23.3 Å². The van der Waals surface area contributed by atoms with E-state index in [0.717, 1.165) is 42.7 Å². The number of halogens is 2. The Bertz CT molecular complexity index is 1070. The predicted octanol–water partition coefficient (Wildman–Crippen LogP) is 5.55. The highest BCUT2D eigenvalue weighted by molar-refractivity contribution is 6.30. The predicted molar refractivity (Wildman–Crippen MR) is 126 cm³/mol. The average molecular weight is 454 g/mol. The molecule has 7 heteroatoms. The quantitative estimate of drug-likeness (QED) is 0.514. The van der Waals surface area contributed by atoms with Gasteiger partial charge in [0.15, 0.2) is 0 Å². The molecular formula is C25H25ClFN3O2. The highest BCUT2D eigenvalue weighted by Crippen LogP contribution is 2.31. The van der Waals surface area contributed by atoms with E-state index >= 15 is 0 Å². The SMILES string of the molecule is COc1ccc(F)cc1-c1ccc(CN2CCC(NC(=O)Nc3ccc(Cl)cc3)C2)cc1. The summed E-state index contributed by atoms with van der Waals surface area (Å²) in [7, 11) is 1.58. The van der Waals surface area contributed by atoms with Crippen LogP contribution in [0.4, 0.5) is 14.9 Å². The van der Waals surface area contributed by atoms with Crippen molar-refractivity contribution < 1.29 is 13.9 Å². The van der Waals surface area contributed by atoms with E-state index in [1.165, 1.54) is 12.1 Å². The van der Waals surface area contributed by atoms with Crippen molar-refractivity contribution in [2.75, 3.05) is 25.5 Å². The number of nitrogens with zero attached hydrogens (tertiary/aromatic N) is 1. The molecule has 1 aliphatic heterocycles. The van der Waals surface area contributed by atoms with Crippen molar-refractivity contribution in [3.8, 4) is 16.9 Å². The summed E-state index contributed by atoms with van der Waals surface area (Å²) in [6.45, 7) is 2.48. The van der Waals surface area contributed by atoms with Crippen molar-refractivity contribution in [2.45, 2.75) is 19.0 Å². The Kier molecular flexibility index (Phi) is 6.93. The van der Waals surface area contributed by atoms with Gasteiger partial charge >= 0.3 is 6.03 Å². The molecule has 1 aliphatic rings. The van der Waals surface area contributed by atoms with Gasteiger partial charge in [0, 0.05) is 41.9 Å². The first-order chi connectivity index (χ1) is 15.5. The monoisotopic (exact) mass is 453 g/mol. The molecule has 1 atom stereocenters. The first-order valence-electron chi connectivity index (χ1n) is 10.5. The van der Waals surface area contributed by atoms with E-state index in [1.807, 2.05) is 24.3 Å². The number of amides is 2. The largest absolute Gasteiger partial charge is 0.496 e. The molecule has 0 bridgehead atoms. The average Bonchev–Trinajstić information content (AvgIpc) is 3.22. The van der Waals surface area contributed by atoms with E-state index in [9.17, 15) is 9.18 Å². The third kappa shape index (κ3) is 5.58. The van der Waals surface area contributed by atoms with E-state index < -0.39 is 0 Å². The van der Waals surface area contributed by atoms with Gasteiger partial charge in [-0.2, -0.15) is 0 Å². The summed E-state index contributed by atoms with van der Waals surface area (Å²) in [5.74, 6) is 0.352. The molecule has 0 saturated carbocycles. The van der Waals surface area contributed by atoms with Crippen LogP contribution in [0.25, 0.3) is 11.1 Å². The molecule has 0 radical (unpaired) electrons. The minimum absolute atomic E-state index is 0.0955. The van der Waals surface area contributed by atoms with Gasteiger partial charge in [0.1, 0.15) is 11.6 Å². The second kappa shape index (κ2) is 10.0. The van der Waals surface area contributed by atoms with Gasteiger partial charge in [0.25, 0.3) is 0 Å². The van der Waals surface area contributed by atoms with E-state index in [1.54, 1.807) is 37.4 Å². The van der Waals surface area contributed by atoms with E-state index in [0.29, 0.717) is 16.5 Å². The van der Waals surface area contributed by atoms with Crippen molar-refractivity contribution in [1.29, 1.82) is 0 Å². The number of rotatable bonds is 6. The fourth-order valence-electron chi connectivity index (χ4n) is 3.93. The summed E-state index contributed by atoms with van der Waals surface area (Å²) in [5.41, 5.74) is 3.51. The van der Waals surface area contributed by atoms with Gasteiger partial charge in [0.05, 0.1) is 7.11 Å². The Balaban J connectivity index is 1.30. The van der Waals surface area contributed by atoms with Crippen molar-refractivity contribution in [2.24, 2.45) is 0 Å². The van der Waals surface area contributed by atoms with Crippen molar-refractivity contribution in [3.63, 3.8) is 0 Å². The molecule has 32 heavy (non-hydrogen) atoms. The summed E-state index contributed by atoms with van der Waals surface area (Å²) in [4.78, 5) is 14.6. The number of hydrogen-bond donors (Lipinski definition) is 2. The smallest absolute Gasteiger partial charge is 0.319 e. The lowest BCUT2D eigenvalue weighted by Crippen LogP contribution is -2.39. The summed E-state index contributed by atoms with van der Waals surface area (Å²) >= 11 is 5.87. The number of hydrogen-bond acceptors (Lipinski definition) is 3. The zero-order valence-corrected chi connectivity index (χ0v) is 18.5. The number of urea groups is 1. The molecule has 1 saturated heterocycles. The maximum absolute atomic E-state index is 13.7. The third-order valence-electron chi connectivity index (χ3n) is 5.54. The molecule has 1 heterocycles. The number of likely N-dealkylation sites (tertiary alicyclic amines) is 1. The first kappa shape index (κ1) is 22.1. The van der Waals surface area contributed by atoms with Crippen LogP contribution in [0.3, 0.4) is 0 Å². The number of carbonyl (C=O) groups is 1. The van der Waals surface area contributed by atoms with Gasteiger partial charge < -0.3 is 15.4 Å².